The Morgan fingerprint density at radius 2 is 1.51 bits per heavy atom. The van der Waals surface area contributed by atoms with Crippen molar-refractivity contribution in [1.82, 2.24) is 5.32 Å². The number of carboxylic acid groups (broad SMARTS) is 1. The highest BCUT2D eigenvalue weighted by Gasteiger charge is 2.29. The average Bonchev–Trinajstić information content (AvgIpc) is 3.17. The zero-order valence-electron chi connectivity index (χ0n) is 19.5. The highest BCUT2D eigenvalue weighted by atomic mass is 16.5. The topological polar surface area (TPSA) is 105 Å². The van der Waals surface area contributed by atoms with Crippen LogP contribution in [0.25, 0.3) is 11.1 Å². The number of amides is 2. The van der Waals surface area contributed by atoms with Crippen molar-refractivity contribution in [2.24, 2.45) is 0 Å². The van der Waals surface area contributed by atoms with Gasteiger partial charge in [-0.1, -0.05) is 67.6 Å². The number of rotatable bonds is 9. The summed E-state index contributed by atoms with van der Waals surface area (Å²) in [6, 6.07) is 22.8. The molecule has 1 unspecified atom stereocenters. The van der Waals surface area contributed by atoms with Gasteiger partial charge in [0, 0.05) is 17.6 Å². The highest BCUT2D eigenvalue weighted by molar-refractivity contribution is 5.85. The predicted octanol–water partition coefficient (Wildman–Crippen LogP) is 4.96. The second-order valence-corrected chi connectivity index (χ2v) is 8.59. The minimum absolute atomic E-state index is 0.0119. The first-order valence-corrected chi connectivity index (χ1v) is 11.7. The van der Waals surface area contributed by atoms with Gasteiger partial charge in [-0.15, -0.1) is 0 Å². The molecule has 3 aromatic carbocycles. The molecule has 4 rings (SSSR count). The Kier molecular flexibility index (Phi) is 7.45. The number of nitrogens with one attached hydrogen (secondary N) is 2. The van der Waals surface area contributed by atoms with E-state index in [1.165, 1.54) is 11.1 Å². The number of carbonyl (C=O) groups excluding carboxylic acids is 2. The van der Waals surface area contributed by atoms with Crippen LogP contribution in [0.15, 0.2) is 72.8 Å². The molecule has 0 radical (unpaired) electrons. The molecule has 0 bridgehead atoms. The molecule has 7 nitrogen and oxygen atoms in total. The van der Waals surface area contributed by atoms with Crippen molar-refractivity contribution >= 4 is 23.7 Å². The van der Waals surface area contributed by atoms with Crippen LogP contribution in [-0.4, -0.2) is 35.7 Å². The van der Waals surface area contributed by atoms with Crippen molar-refractivity contribution < 1.29 is 24.2 Å². The minimum atomic E-state index is -0.944. The molecular formula is C28H28N2O5. The Morgan fingerprint density at radius 1 is 0.914 bits per heavy atom. The fraction of sp³-hybridized carbons (Fsp3) is 0.250. The number of benzene rings is 3. The van der Waals surface area contributed by atoms with Crippen molar-refractivity contribution in [3.05, 3.63) is 89.5 Å². The van der Waals surface area contributed by atoms with Gasteiger partial charge in [0.1, 0.15) is 6.61 Å². The molecule has 2 amide bonds. The summed E-state index contributed by atoms with van der Waals surface area (Å²) in [5.74, 6) is -1.20. The van der Waals surface area contributed by atoms with Crippen LogP contribution < -0.4 is 10.6 Å². The molecule has 1 aliphatic carbocycles. The molecule has 0 aromatic heterocycles. The van der Waals surface area contributed by atoms with Crippen molar-refractivity contribution in [2.75, 3.05) is 11.9 Å². The fourth-order valence-electron chi connectivity index (χ4n) is 4.43. The lowest BCUT2D eigenvalue weighted by Crippen LogP contribution is -2.36. The highest BCUT2D eigenvalue weighted by Crippen LogP contribution is 2.44. The third-order valence-corrected chi connectivity index (χ3v) is 6.19. The molecule has 3 aromatic rings. The maximum absolute atomic E-state index is 12.5. The van der Waals surface area contributed by atoms with Gasteiger partial charge in [0.15, 0.2) is 0 Å². The van der Waals surface area contributed by atoms with E-state index >= 15 is 0 Å². The zero-order valence-corrected chi connectivity index (χ0v) is 19.5. The van der Waals surface area contributed by atoms with Crippen LogP contribution in [0.3, 0.4) is 0 Å². The quantitative estimate of drug-likeness (QED) is 0.408. The summed E-state index contributed by atoms with van der Waals surface area (Å²) in [5.41, 5.74) is 5.96. The van der Waals surface area contributed by atoms with Crippen LogP contribution in [0, 0.1) is 0 Å². The Balaban J connectivity index is 1.30. The van der Waals surface area contributed by atoms with Crippen LogP contribution in [0.1, 0.15) is 42.4 Å². The van der Waals surface area contributed by atoms with Gasteiger partial charge in [0.05, 0.1) is 12.8 Å². The first-order valence-electron chi connectivity index (χ1n) is 11.7. The summed E-state index contributed by atoms with van der Waals surface area (Å²) in [4.78, 5) is 35.5. The molecule has 1 aliphatic rings. The first kappa shape index (κ1) is 24.0. The molecule has 7 heteroatoms. The van der Waals surface area contributed by atoms with Gasteiger partial charge < -0.3 is 15.2 Å². The zero-order chi connectivity index (χ0) is 24.8. The van der Waals surface area contributed by atoms with Gasteiger partial charge in [-0.05, 0) is 46.4 Å². The van der Waals surface area contributed by atoms with Crippen molar-refractivity contribution in [2.45, 2.75) is 38.1 Å². The summed E-state index contributed by atoms with van der Waals surface area (Å²) in [6.45, 7) is 2.06. The number of carboxylic acids is 1. The number of hydrogen-bond acceptors (Lipinski definition) is 4. The van der Waals surface area contributed by atoms with E-state index in [1.54, 1.807) is 24.3 Å². The molecule has 0 spiro atoms. The summed E-state index contributed by atoms with van der Waals surface area (Å²) in [5, 5.41) is 14.4. The maximum atomic E-state index is 12.5. The van der Waals surface area contributed by atoms with Crippen LogP contribution in [0.2, 0.25) is 0 Å². The Hall–Kier alpha value is -4.13. The molecule has 1 atom stereocenters. The number of aliphatic carboxylic acids is 1. The third kappa shape index (κ3) is 5.87. The Labute approximate surface area is 204 Å². The molecule has 0 saturated carbocycles. The molecule has 0 aliphatic heterocycles. The number of ether oxygens (including phenoxy) is 1. The summed E-state index contributed by atoms with van der Waals surface area (Å²) in [7, 11) is 0. The van der Waals surface area contributed by atoms with Crippen molar-refractivity contribution in [3.63, 3.8) is 0 Å². The number of carbonyl (C=O) groups is 3. The summed E-state index contributed by atoms with van der Waals surface area (Å²) in [6.07, 6.45) is 0.0185. The van der Waals surface area contributed by atoms with E-state index in [1.807, 2.05) is 31.2 Å². The number of anilines is 1. The molecule has 35 heavy (non-hydrogen) atoms. The van der Waals surface area contributed by atoms with E-state index in [-0.39, 0.29) is 31.3 Å². The number of hydrogen-bond donors (Lipinski definition) is 3. The van der Waals surface area contributed by atoms with Crippen molar-refractivity contribution in [1.29, 1.82) is 0 Å². The van der Waals surface area contributed by atoms with Crippen LogP contribution in [0.4, 0.5) is 10.5 Å². The summed E-state index contributed by atoms with van der Waals surface area (Å²) >= 11 is 0. The van der Waals surface area contributed by atoms with E-state index in [2.05, 4.69) is 34.9 Å². The lowest BCUT2D eigenvalue weighted by atomic mass is 9.98. The minimum Gasteiger partial charge on any atom is -0.481 e. The Bertz CT molecular complexity index is 1180. The molecule has 0 saturated heterocycles. The van der Waals surface area contributed by atoms with Crippen LogP contribution >= 0.6 is 0 Å². The molecule has 0 fully saturated rings. The average molecular weight is 473 g/mol. The lowest BCUT2D eigenvalue weighted by molar-refractivity contribution is -0.137. The normalized spacial score (nSPS) is 12.8. The van der Waals surface area contributed by atoms with Gasteiger partial charge in [-0.25, -0.2) is 4.79 Å². The molecule has 180 valence electrons. The van der Waals surface area contributed by atoms with E-state index < -0.39 is 18.1 Å². The smallest absolute Gasteiger partial charge is 0.411 e. The standard InChI is InChI=1S/C28H28N2O5/c1-2-19(16-27(32)33)29-26(31)15-18-11-13-20(14-12-18)30-28(34)35-17-25-23-9-5-3-7-21(23)22-8-4-6-10-24(22)25/h3-14,19,25H,2,15-17H2,1H3,(H,29,31)(H,30,34)(H,32,33). The van der Waals surface area contributed by atoms with Gasteiger partial charge in [-0.3, -0.25) is 14.9 Å². The maximum Gasteiger partial charge on any atom is 0.411 e. The Morgan fingerprint density at radius 3 is 2.09 bits per heavy atom. The monoisotopic (exact) mass is 472 g/mol. The second kappa shape index (κ2) is 10.9. The first-order chi connectivity index (χ1) is 16.9. The predicted molar refractivity (Wildman–Crippen MR) is 133 cm³/mol. The van der Waals surface area contributed by atoms with Crippen molar-refractivity contribution in [3.8, 4) is 11.1 Å². The third-order valence-electron chi connectivity index (χ3n) is 6.19. The van der Waals surface area contributed by atoms with Crippen LogP contribution in [-0.2, 0) is 20.7 Å². The van der Waals surface area contributed by atoms with Crippen LogP contribution in [0.5, 0.6) is 0 Å². The number of fused-ring (bicyclic) bond motifs is 3. The largest absolute Gasteiger partial charge is 0.481 e. The SMILES string of the molecule is CCC(CC(=O)O)NC(=O)Cc1ccc(NC(=O)OCC2c3ccccc3-c3ccccc32)cc1. The second-order valence-electron chi connectivity index (χ2n) is 8.59. The molecule has 0 heterocycles. The van der Waals surface area contributed by atoms with E-state index in [4.69, 9.17) is 9.84 Å². The van der Waals surface area contributed by atoms with E-state index in [0.29, 0.717) is 12.1 Å². The fourth-order valence-corrected chi connectivity index (χ4v) is 4.43. The van der Waals surface area contributed by atoms with Gasteiger partial charge in [0.25, 0.3) is 0 Å². The van der Waals surface area contributed by atoms with Gasteiger partial charge in [0.2, 0.25) is 5.91 Å². The van der Waals surface area contributed by atoms with E-state index in [0.717, 1.165) is 16.7 Å². The van der Waals surface area contributed by atoms with Gasteiger partial charge in [-0.2, -0.15) is 0 Å². The molecule has 3 N–H and O–H groups in total. The summed E-state index contributed by atoms with van der Waals surface area (Å²) < 4.78 is 5.56. The van der Waals surface area contributed by atoms with E-state index in [9.17, 15) is 14.4 Å². The molecular weight excluding hydrogens is 444 g/mol. The van der Waals surface area contributed by atoms with Gasteiger partial charge >= 0.3 is 12.1 Å². The lowest BCUT2D eigenvalue weighted by Gasteiger charge is -2.15.